The molecule has 1 aromatic carbocycles. The van der Waals surface area contributed by atoms with E-state index in [1.807, 2.05) is 6.07 Å². The van der Waals surface area contributed by atoms with Crippen molar-refractivity contribution in [3.8, 4) is 0 Å². The minimum Gasteiger partial charge on any atom is -0.413 e. The van der Waals surface area contributed by atoms with E-state index in [0.29, 0.717) is 0 Å². The fraction of sp³-hybridized carbons (Fsp3) is 0.619. The maximum atomic E-state index is 10.9. The topological polar surface area (TPSA) is 29.5 Å². The Morgan fingerprint density at radius 3 is 2.17 bits per heavy atom. The van der Waals surface area contributed by atoms with Crippen molar-refractivity contribution >= 4 is 13.9 Å². The molecule has 3 heteroatoms. The third-order valence-corrected chi connectivity index (χ3v) is 10.8. The summed E-state index contributed by atoms with van der Waals surface area (Å²) in [6.07, 6.45) is 3.00. The molecule has 2 rings (SSSR count). The Morgan fingerprint density at radius 1 is 1.04 bits per heavy atom. The minimum absolute atomic E-state index is 0.134. The Hall–Kier alpha value is -0.903. The second kappa shape index (κ2) is 8.46. The van der Waals surface area contributed by atoms with E-state index in [4.69, 9.17) is 4.43 Å². The largest absolute Gasteiger partial charge is 0.413 e. The predicted octanol–water partition coefficient (Wildman–Crippen LogP) is 5.50. The average molecular weight is 347 g/mol. The molecule has 0 radical (unpaired) electrons. The number of aliphatic hydroxyl groups is 1. The Labute approximate surface area is 149 Å². The summed E-state index contributed by atoms with van der Waals surface area (Å²) in [6, 6.07) is 13.9. The molecule has 0 aliphatic heterocycles. The number of aliphatic hydroxyl groups excluding tert-OH is 1. The van der Waals surface area contributed by atoms with Crippen molar-refractivity contribution in [1.29, 1.82) is 0 Å². The van der Waals surface area contributed by atoms with E-state index in [1.165, 1.54) is 11.1 Å². The standard InChI is InChI=1S/C21H34O2Si/c1-6-24(7-2,8-3)23-20-15-14-19(16(4)21(22)17(20)5)18-12-10-9-11-13-18/h9-14,16-17,20-22H,6-8,15H2,1-5H3/t16-,17+,20-,21+/m1/s1. The lowest BCUT2D eigenvalue weighted by Crippen LogP contribution is -2.44. The number of hydrogen-bond donors (Lipinski definition) is 1. The lowest BCUT2D eigenvalue weighted by atomic mass is 9.85. The van der Waals surface area contributed by atoms with Crippen LogP contribution in [0.2, 0.25) is 18.1 Å². The maximum Gasteiger partial charge on any atom is 0.192 e. The number of benzene rings is 1. The van der Waals surface area contributed by atoms with Gasteiger partial charge in [0, 0.05) is 11.8 Å². The highest BCUT2D eigenvalue weighted by molar-refractivity contribution is 6.73. The molecule has 0 aromatic heterocycles. The first kappa shape index (κ1) is 19.4. The van der Waals surface area contributed by atoms with Gasteiger partial charge in [0.1, 0.15) is 0 Å². The van der Waals surface area contributed by atoms with E-state index in [0.717, 1.165) is 24.6 Å². The highest BCUT2D eigenvalue weighted by Gasteiger charge is 2.38. The zero-order chi connectivity index (χ0) is 17.7. The first-order chi connectivity index (χ1) is 11.5. The molecule has 0 bridgehead atoms. The average Bonchev–Trinajstić information content (AvgIpc) is 2.73. The van der Waals surface area contributed by atoms with Gasteiger partial charge in [-0.2, -0.15) is 0 Å². The van der Waals surface area contributed by atoms with E-state index < -0.39 is 8.32 Å². The summed E-state index contributed by atoms with van der Waals surface area (Å²) in [5.74, 6) is 0.297. The first-order valence-corrected chi connectivity index (χ1v) is 12.1. The van der Waals surface area contributed by atoms with Gasteiger partial charge < -0.3 is 9.53 Å². The van der Waals surface area contributed by atoms with E-state index >= 15 is 0 Å². The van der Waals surface area contributed by atoms with Crippen molar-refractivity contribution in [2.24, 2.45) is 11.8 Å². The van der Waals surface area contributed by atoms with Gasteiger partial charge in [0.25, 0.3) is 0 Å². The molecule has 0 amide bonds. The van der Waals surface area contributed by atoms with E-state index in [2.05, 4.69) is 65.0 Å². The van der Waals surface area contributed by atoms with Gasteiger partial charge in [-0.1, -0.05) is 71.0 Å². The molecular weight excluding hydrogens is 312 g/mol. The Morgan fingerprint density at radius 2 is 1.62 bits per heavy atom. The van der Waals surface area contributed by atoms with Gasteiger partial charge in [-0.05, 0) is 35.7 Å². The molecule has 0 unspecified atom stereocenters. The highest BCUT2D eigenvalue weighted by Crippen LogP contribution is 2.37. The first-order valence-electron chi connectivity index (χ1n) is 9.59. The fourth-order valence-electron chi connectivity index (χ4n) is 3.99. The molecule has 0 heterocycles. The van der Waals surface area contributed by atoms with Gasteiger partial charge in [0.2, 0.25) is 0 Å². The van der Waals surface area contributed by atoms with Crippen LogP contribution >= 0.6 is 0 Å². The molecule has 4 atom stereocenters. The molecule has 1 aliphatic carbocycles. The fourth-order valence-corrected chi connectivity index (χ4v) is 6.94. The lowest BCUT2D eigenvalue weighted by molar-refractivity contribution is 0.0181. The van der Waals surface area contributed by atoms with E-state index in [-0.39, 0.29) is 24.0 Å². The van der Waals surface area contributed by atoms with Crippen LogP contribution in [0.3, 0.4) is 0 Å². The highest BCUT2D eigenvalue weighted by atomic mass is 28.4. The van der Waals surface area contributed by atoms with Crippen LogP contribution in [-0.2, 0) is 4.43 Å². The molecule has 1 aliphatic rings. The van der Waals surface area contributed by atoms with Crippen LogP contribution < -0.4 is 0 Å². The maximum absolute atomic E-state index is 10.9. The molecule has 1 aromatic rings. The molecule has 0 saturated carbocycles. The van der Waals surface area contributed by atoms with Crippen LogP contribution in [0.15, 0.2) is 36.4 Å². The minimum atomic E-state index is -1.66. The molecule has 0 saturated heterocycles. The number of hydrogen-bond acceptors (Lipinski definition) is 2. The Kier molecular flexibility index (Phi) is 6.85. The lowest BCUT2D eigenvalue weighted by Gasteiger charge is -2.37. The molecular formula is C21H34O2Si. The summed E-state index contributed by atoms with van der Waals surface area (Å²) >= 11 is 0. The van der Waals surface area contributed by atoms with Gasteiger partial charge in [0.15, 0.2) is 8.32 Å². The molecule has 1 N–H and O–H groups in total. The summed E-state index contributed by atoms with van der Waals surface area (Å²) in [5, 5.41) is 10.9. The summed E-state index contributed by atoms with van der Waals surface area (Å²) in [5.41, 5.74) is 2.49. The summed E-state index contributed by atoms with van der Waals surface area (Å²) in [6.45, 7) is 11.1. The molecule has 24 heavy (non-hydrogen) atoms. The van der Waals surface area contributed by atoms with Crippen LogP contribution in [0, 0.1) is 11.8 Å². The SMILES string of the molecule is CC[Si](CC)(CC)O[C@@H]1CC=C(c2ccccc2)[C@@H](C)[C@H](O)[C@H]1C. The summed E-state index contributed by atoms with van der Waals surface area (Å²) in [4.78, 5) is 0. The second-order valence-electron chi connectivity index (χ2n) is 7.30. The predicted molar refractivity (Wildman–Crippen MR) is 105 cm³/mol. The van der Waals surface area contributed by atoms with Crippen LogP contribution in [0.5, 0.6) is 0 Å². The second-order valence-corrected chi connectivity index (χ2v) is 12.0. The van der Waals surface area contributed by atoms with Crippen LogP contribution in [0.4, 0.5) is 0 Å². The third kappa shape index (κ3) is 4.01. The zero-order valence-electron chi connectivity index (χ0n) is 16.0. The van der Waals surface area contributed by atoms with Crippen molar-refractivity contribution in [3.63, 3.8) is 0 Å². The van der Waals surface area contributed by atoms with Gasteiger partial charge in [-0.25, -0.2) is 0 Å². The van der Waals surface area contributed by atoms with Crippen LogP contribution in [-0.4, -0.2) is 25.6 Å². The van der Waals surface area contributed by atoms with Crippen LogP contribution in [0.25, 0.3) is 5.57 Å². The molecule has 0 fully saturated rings. The van der Waals surface area contributed by atoms with Gasteiger partial charge in [0.05, 0.1) is 12.2 Å². The molecule has 2 nitrogen and oxygen atoms in total. The van der Waals surface area contributed by atoms with Crippen molar-refractivity contribution in [2.75, 3.05) is 0 Å². The Balaban J connectivity index is 2.28. The normalized spacial score (nSPS) is 28.3. The molecule has 134 valence electrons. The van der Waals surface area contributed by atoms with Crippen molar-refractivity contribution < 1.29 is 9.53 Å². The Bertz CT molecular complexity index is 528. The monoisotopic (exact) mass is 346 g/mol. The van der Waals surface area contributed by atoms with Gasteiger partial charge >= 0.3 is 0 Å². The summed E-state index contributed by atoms with van der Waals surface area (Å²) < 4.78 is 6.76. The van der Waals surface area contributed by atoms with E-state index in [1.54, 1.807) is 0 Å². The molecule has 0 spiro atoms. The quantitative estimate of drug-likeness (QED) is 0.689. The smallest absolute Gasteiger partial charge is 0.192 e. The summed E-state index contributed by atoms with van der Waals surface area (Å²) in [7, 11) is -1.66. The van der Waals surface area contributed by atoms with Gasteiger partial charge in [-0.3, -0.25) is 0 Å². The van der Waals surface area contributed by atoms with E-state index in [9.17, 15) is 5.11 Å². The number of rotatable bonds is 6. The van der Waals surface area contributed by atoms with Crippen molar-refractivity contribution in [3.05, 3.63) is 42.0 Å². The third-order valence-electron chi connectivity index (χ3n) is 6.14. The van der Waals surface area contributed by atoms with Crippen molar-refractivity contribution in [1.82, 2.24) is 0 Å². The van der Waals surface area contributed by atoms with Crippen molar-refractivity contribution in [2.45, 2.75) is 71.4 Å². The zero-order valence-corrected chi connectivity index (χ0v) is 17.0. The van der Waals surface area contributed by atoms with Gasteiger partial charge in [-0.15, -0.1) is 0 Å². The van der Waals surface area contributed by atoms with Crippen LogP contribution in [0.1, 0.15) is 46.6 Å².